The number of benzene rings is 1. The van der Waals surface area contributed by atoms with Crippen LogP contribution in [0.15, 0.2) is 29.3 Å². The number of sulfonamides is 1. The maximum atomic E-state index is 12.3. The fourth-order valence-corrected chi connectivity index (χ4v) is 4.97. The van der Waals surface area contributed by atoms with Crippen LogP contribution in [0, 0.1) is 6.92 Å². The predicted molar refractivity (Wildman–Crippen MR) is 102 cm³/mol. The van der Waals surface area contributed by atoms with Gasteiger partial charge in [0.25, 0.3) is 0 Å². The van der Waals surface area contributed by atoms with Gasteiger partial charge >= 0.3 is 0 Å². The van der Waals surface area contributed by atoms with Crippen molar-refractivity contribution in [1.82, 2.24) is 14.9 Å². The van der Waals surface area contributed by atoms with E-state index in [1.54, 1.807) is 23.1 Å². The molecule has 1 aromatic carbocycles. The molecule has 1 aliphatic rings. The van der Waals surface area contributed by atoms with Crippen LogP contribution >= 0.6 is 11.8 Å². The highest BCUT2D eigenvalue weighted by Gasteiger charge is 2.23. The molecule has 0 atom stereocenters. The molecule has 0 aliphatic carbocycles. The zero-order valence-electron chi connectivity index (χ0n) is 14.3. The summed E-state index contributed by atoms with van der Waals surface area (Å²) in [5.41, 5.74) is 2.37. The minimum absolute atomic E-state index is 0.0861. The van der Waals surface area contributed by atoms with Gasteiger partial charge in [-0.2, -0.15) is 11.8 Å². The molecule has 1 fully saturated rings. The van der Waals surface area contributed by atoms with Gasteiger partial charge in [-0.1, -0.05) is 29.8 Å². The van der Waals surface area contributed by atoms with Crippen molar-refractivity contribution in [3.8, 4) is 0 Å². The van der Waals surface area contributed by atoms with Crippen LogP contribution in [-0.4, -0.2) is 62.6 Å². The summed E-state index contributed by atoms with van der Waals surface area (Å²) in [7, 11) is -1.50. The molecule has 6 nitrogen and oxygen atoms in total. The number of aryl methyl sites for hydroxylation is 1. The van der Waals surface area contributed by atoms with Crippen molar-refractivity contribution in [1.29, 1.82) is 0 Å². The first kappa shape index (κ1) is 19.1. The Morgan fingerprint density at radius 2 is 2.04 bits per heavy atom. The minimum Gasteiger partial charge on any atom is -0.355 e. The monoisotopic (exact) mass is 370 g/mol. The third kappa shape index (κ3) is 5.99. The van der Waals surface area contributed by atoms with Crippen molar-refractivity contribution in [3.63, 3.8) is 0 Å². The molecule has 0 bridgehead atoms. The van der Waals surface area contributed by atoms with Crippen LogP contribution in [0.4, 0.5) is 0 Å². The molecule has 0 aromatic heterocycles. The maximum Gasteiger partial charge on any atom is 0.215 e. The van der Waals surface area contributed by atoms with Gasteiger partial charge < -0.3 is 10.6 Å². The number of thioether (sulfide) groups is 1. The van der Waals surface area contributed by atoms with E-state index < -0.39 is 10.0 Å². The second kappa shape index (κ2) is 9.29. The van der Waals surface area contributed by atoms with Gasteiger partial charge in [0.05, 0.1) is 5.75 Å². The van der Waals surface area contributed by atoms with Gasteiger partial charge in [0.1, 0.15) is 0 Å². The molecule has 1 aliphatic heterocycles. The molecule has 8 heteroatoms. The Kier molecular flexibility index (Phi) is 7.39. The highest BCUT2D eigenvalue weighted by Crippen LogP contribution is 2.13. The molecule has 2 rings (SSSR count). The molecule has 0 radical (unpaired) electrons. The average Bonchev–Trinajstić information content (AvgIpc) is 2.58. The smallest absolute Gasteiger partial charge is 0.215 e. The van der Waals surface area contributed by atoms with E-state index in [9.17, 15) is 8.42 Å². The number of nitrogens with zero attached hydrogens (tertiary/aromatic N) is 2. The molecule has 0 saturated carbocycles. The number of rotatable bonds is 6. The lowest BCUT2D eigenvalue weighted by atomic mass is 10.1. The van der Waals surface area contributed by atoms with Gasteiger partial charge in [-0.25, -0.2) is 12.7 Å². The topological polar surface area (TPSA) is 73.8 Å². The lowest BCUT2D eigenvalue weighted by molar-refractivity contribution is 0.443. The summed E-state index contributed by atoms with van der Waals surface area (Å²) >= 11 is 1.80. The number of hydrogen-bond donors (Lipinski definition) is 2. The van der Waals surface area contributed by atoms with E-state index in [2.05, 4.69) is 34.7 Å². The van der Waals surface area contributed by atoms with Crippen LogP contribution in [-0.2, 0) is 16.6 Å². The summed E-state index contributed by atoms with van der Waals surface area (Å²) in [6.07, 6.45) is 0. The van der Waals surface area contributed by atoms with E-state index in [0.29, 0.717) is 32.1 Å². The largest absolute Gasteiger partial charge is 0.355 e. The van der Waals surface area contributed by atoms with Gasteiger partial charge in [-0.15, -0.1) is 0 Å². The number of guanidine groups is 1. The molecule has 0 amide bonds. The van der Waals surface area contributed by atoms with Crippen molar-refractivity contribution >= 4 is 27.7 Å². The molecule has 2 N–H and O–H groups in total. The highest BCUT2D eigenvalue weighted by atomic mass is 32.2. The molecule has 1 heterocycles. The molecule has 134 valence electrons. The van der Waals surface area contributed by atoms with E-state index in [0.717, 1.165) is 17.1 Å². The Labute approximate surface area is 149 Å². The van der Waals surface area contributed by atoms with Crippen molar-refractivity contribution in [2.24, 2.45) is 4.99 Å². The zero-order valence-corrected chi connectivity index (χ0v) is 15.9. The Morgan fingerprint density at radius 3 is 2.71 bits per heavy atom. The number of aliphatic imine (C=N–C) groups is 1. The third-order valence-corrected chi connectivity index (χ3v) is 6.60. The highest BCUT2D eigenvalue weighted by molar-refractivity contribution is 7.99. The number of nitrogens with one attached hydrogen (secondary N) is 2. The van der Waals surface area contributed by atoms with Crippen LogP contribution in [0.5, 0.6) is 0 Å². The number of hydrogen-bond acceptors (Lipinski definition) is 4. The van der Waals surface area contributed by atoms with Crippen LogP contribution in [0.25, 0.3) is 0 Å². The molecule has 1 saturated heterocycles. The molecular formula is C16H26N4O2S2. The van der Waals surface area contributed by atoms with E-state index in [1.165, 1.54) is 5.56 Å². The summed E-state index contributed by atoms with van der Waals surface area (Å²) in [5.74, 6) is 2.46. The molecule has 24 heavy (non-hydrogen) atoms. The fourth-order valence-electron chi connectivity index (χ4n) is 2.48. The van der Waals surface area contributed by atoms with Gasteiger partial charge in [-0.3, -0.25) is 4.99 Å². The van der Waals surface area contributed by atoms with Gasteiger partial charge in [0.15, 0.2) is 5.96 Å². The predicted octanol–water partition coefficient (Wildman–Crippen LogP) is 1.04. The van der Waals surface area contributed by atoms with Crippen molar-refractivity contribution in [2.75, 3.05) is 43.9 Å². The van der Waals surface area contributed by atoms with Gasteiger partial charge in [0, 0.05) is 44.7 Å². The quantitative estimate of drug-likeness (QED) is 0.578. The first-order valence-electron chi connectivity index (χ1n) is 8.07. The molecular weight excluding hydrogens is 344 g/mol. The normalized spacial score (nSPS) is 16.8. The lowest BCUT2D eigenvalue weighted by Crippen LogP contribution is -2.44. The molecule has 0 spiro atoms. The van der Waals surface area contributed by atoms with Crippen LogP contribution < -0.4 is 10.6 Å². The van der Waals surface area contributed by atoms with E-state index in [-0.39, 0.29) is 5.75 Å². The van der Waals surface area contributed by atoms with Crippen LogP contribution in [0.2, 0.25) is 0 Å². The minimum atomic E-state index is -3.19. The second-order valence-corrected chi connectivity index (χ2v) is 8.98. The van der Waals surface area contributed by atoms with Crippen molar-refractivity contribution in [2.45, 2.75) is 13.5 Å². The summed E-state index contributed by atoms with van der Waals surface area (Å²) in [4.78, 5) is 4.14. The molecule has 1 aromatic rings. The standard InChI is InChI=1S/C16H26N4O2S2/c1-14-4-3-5-15(12-14)13-19-16(17-2)18-6-11-24(21,22)20-7-9-23-10-8-20/h3-5,12H,6-11,13H2,1-2H3,(H2,17,18,19). The van der Waals surface area contributed by atoms with Crippen molar-refractivity contribution in [3.05, 3.63) is 35.4 Å². The van der Waals surface area contributed by atoms with Crippen LogP contribution in [0.3, 0.4) is 0 Å². The van der Waals surface area contributed by atoms with Crippen LogP contribution in [0.1, 0.15) is 11.1 Å². The van der Waals surface area contributed by atoms with Gasteiger partial charge in [0.2, 0.25) is 10.0 Å². The lowest BCUT2D eigenvalue weighted by Gasteiger charge is -2.25. The summed E-state index contributed by atoms with van der Waals surface area (Å²) in [6.45, 7) is 4.29. The second-order valence-electron chi connectivity index (χ2n) is 5.67. The summed E-state index contributed by atoms with van der Waals surface area (Å²) in [6, 6.07) is 8.23. The van der Waals surface area contributed by atoms with Gasteiger partial charge in [-0.05, 0) is 12.5 Å². The van der Waals surface area contributed by atoms with E-state index in [4.69, 9.17) is 0 Å². The summed E-state index contributed by atoms with van der Waals surface area (Å²) in [5, 5.41) is 6.28. The molecule has 0 unspecified atom stereocenters. The zero-order chi connectivity index (χ0) is 17.4. The summed E-state index contributed by atoms with van der Waals surface area (Å²) < 4.78 is 26.2. The SMILES string of the molecule is CN=C(NCCS(=O)(=O)N1CCSCC1)NCc1cccc(C)c1. The van der Waals surface area contributed by atoms with E-state index in [1.807, 2.05) is 12.1 Å². The Bertz CT molecular complexity index is 656. The van der Waals surface area contributed by atoms with Crippen molar-refractivity contribution < 1.29 is 8.42 Å². The third-order valence-electron chi connectivity index (χ3n) is 3.78. The Hall–Kier alpha value is -1.25. The average molecular weight is 371 g/mol. The fraction of sp³-hybridized carbons (Fsp3) is 0.562. The maximum absolute atomic E-state index is 12.3. The Morgan fingerprint density at radius 1 is 1.29 bits per heavy atom. The first-order valence-corrected chi connectivity index (χ1v) is 10.8. The first-order chi connectivity index (χ1) is 11.5. The van der Waals surface area contributed by atoms with E-state index >= 15 is 0 Å². The Balaban J connectivity index is 1.77.